The number of hydrogen-bond donors (Lipinski definition) is 1. The minimum absolute atomic E-state index is 0.0833. The fourth-order valence-electron chi connectivity index (χ4n) is 5.85. The van der Waals surface area contributed by atoms with Gasteiger partial charge >= 0.3 is 0 Å². The lowest BCUT2D eigenvalue weighted by Gasteiger charge is -2.35. The van der Waals surface area contributed by atoms with Crippen LogP contribution in [0.15, 0.2) is 23.1 Å². The van der Waals surface area contributed by atoms with Gasteiger partial charge in [0.25, 0.3) is 0 Å². The third kappa shape index (κ3) is 5.54. The Hall–Kier alpha value is -1.44. The molecule has 2 fully saturated rings. The maximum atomic E-state index is 13.1. The minimum atomic E-state index is -3.48. The topological polar surface area (TPSA) is 69.7 Å². The number of piperidine rings is 2. The van der Waals surface area contributed by atoms with E-state index in [1.807, 2.05) is 12.1 Å². The summed E-state index contributed by atoms with van der Waals surface area (Å²) in [5.41, 5.74) is 2.46. The zero-order valence-corrected chi connectivity index (χ0v) is 20.5. The van der Waals surface area contributed by atoms with E-state index in [4.69, 9.17) is 0 Å². The molecule has 1 amide bonds. The van der Waals surface area contributed by atoms with Gasteiger partial charge < -0.3 is 10.2 Å². The van der Waals surface area contributed by atoms with Crippen LogP contribution in [0, 0.1) is 17.8 Å². The van der Waals surface area contributed by atoms with Crippen molar-refractivity contribution < 1.29 is 13.2 Å². The highest BCUT2D eigenvalue weighted by molar-refractivity contribution is 7.89. The summed E-state index contributed by atoms with van der Waals surface area (Å²) in [4.78, 5) is 15.5. The van der Waals surface area contributed by atoms with Crippen molar-refractivity contribution in [3.8, 4) is 0 Å². The lowest BCUT2D eigenvalue weighted by molar-refractivity contribution is -0.126. The Morgan fingerprint density at radius 3 is 2.47 bits per heavy atom. The van der Waals surface area contributed by atoms with Gasteiger partial charge in [0.1, 0.15) is 0 Å². The molecule has 2 saturated heterocycles. The average molecular weight is 462 g/mol. The van der Waals surface area contributed by atoms with E-state index in [-0.39, 0.29) is 11.8 Å². The molecule has 0 saturated carbocycles. The second-order valence-electron chi connectivity index (χ2n) is 10.3. The van der Waals surface area contributed by atoms with Crippen LogP contribution < -0.4 is 5.32 Å². The zero-order valence-electron chi connectivity index (χ0n) is 19.7. The second kappa shape index (κ2) is 10.2. The molecule has 3 aliphatic rings. The Morgan fingerprint density at radius 1 is 1.06 bits per heavy atom. The highest BCUT2D eigenvalue weighted by atomic mass is 32.2. The molecule has 1 aromatic carbocycles. The van der Waals surface area contributed by atoms with E-state index in [1.54, 1.807) is 10.4 Å². The summed E-state index contributed by atoms with van der Waals surface area (Å²) in [6, 6.07) is 5.59. The van der Waals surface area contributed by atoms with Gasteiger partial charge in [-0.1, -0.05) is 19.9 Å². The van der Waals surface area contributed by atoms with E-state index >= 15 is 0 Å². The number of benzene rings is 1. The minimum Gasteiger partial charge on any atom is -0.356 e. The Bertz CT molecular complexity index is 899. The highest BCUT2D eigenvalue weighted by Gasteiger charge is 2.32. The van der Waals surface area contributed by atoms with Crippen LogP contribution in [0.1, 0.15) is 57.1 Å². The van der Waals surface area contributed by atoms with Gasteiger partial charge in [-0.2, -0.15) is 4.31 Å². The number of hydrogen-bond acceptors (Lipinski definition) is 4. The number of fused-ring (bicyclic) bond motifs is 1. The van der Waals surface area contributed by atoms with Crippen molar-refractivity contribution in [2.24, 2.45) is 17.8 Å². The van der Waals surface area contributed by atoms with Gasteiger partial charge in [0.15, 0.2) is 0 Å². The van der Waals surface area contributed by atoms with Crippen molar-refractivity contribution in [1.29, 1.82) is 0 Å². The molecule has 7 heteroatoms. The van der Waals surface area contributed by atoms with Crippen molar-refractivity contribution in [2.45, 2.75) is 63.7 Å². The average Bonchev–Trinajstić information content (AvgIpc) is 3.24. The van der Waals surface area contributed by atoms with Gasteiger partial charge in [-0.15, -0.1) is 0 Å². The summed E-state index contributed by atoms with van der Waals surface area (Å²) in [6.45, 7) is 9.54. The SMILES string of the molecule is CC1CC(C)CN(CCCNC(=O)C2CCN(S(=O)(=O)c3ccc4c(c3)CCC4)CC2)C1. The number of nitrogens with one attached hydrogen (secondary N) is 1. The molecule has 0 aromatic heterocycles. The fraction of sp³-hybridized carbons (Fsp3) is 0.720. The predicted octanol–water partition coefficient (Wildman–Crippen LogP) is 3.06. The molecule has 1 N–H and O–H groups in total. The van der Waals surface area contributed by atoms with Crippen molar-refractivity contribution in [1.82, 2.24) is 14.5 Å². The van der Waals surface area contributed by atoms with Crippen LogP contribution in [0.4, 0.5) is 0 Å². The molecule has 1 aliphatic carbocycles. The number of aryl methyl sites for hydroxylation is 2. The van der Waals surface area contributed by atoms with Crippen LogP contribution in [0.2, 0.25) is 0 Å². The predicted molar refractivity (Wildman–Crippen MR) is 127 cm³/mol. The Labute approximate surface area is 193 Å². The summed E-state index contributed by atoms with van der Waals surface area (Å²) in [5.74, 6) is 1.51. The largest absolute Gasteiger partial charge is 0.356 e. The van der Waals surface area contributed by atoms with Crippen LogP contribution in [-0.2, 0) is 27.7 Å². The van der Waals surface area contributed by atoms with Crippen LogP contribution >= 0.6 is 0 Å². The molecule has 2 atom stereocenters. The van der Waals surface area contributed by atoms with Gasteiger partial charge in [-0.25, -0.2) is 8.42 Å². The number of carbonyl (C=O) groups is 1. The Balaban J connectivity index is 1.21. The molecule has 178 valence electrons. The molecule has 0 bridgehead atoms. The molecule has 6 nitrogen and oxygen atoms in total. The normalized spacial score (nSPS) is 25.6. The molecule has 4 rings (SSSR count). The molecule has 0 radical (unpaired) electrons. The summed E-state index contributed by atoms with van der Waals surface area (Å²) in [5, 5.41) is 3.09. The van der Waals surface area contributed by atoms with Crippen molar-refractivity contribution >= 4 is 15.9 Å². The lowest BCUT2D eigenvalue weighted by Crippen LogP contribution is -2.43. The van der Waals surface area contributed by atoms with Gasteiger partial charge in [-0.05, 0) is 86.6 Å². The summed E-state index contributed by atoms with van der Waals surface area (Å²) >= 11 is 0. The van der Waals surface area contributed by atoms with Crippen LogP contribution in [-0.4, -0.2) is 62.8 Å². The molecule has 2 aliphatic heterocycles. The third-order valence-electron chi connectivity index (χ3n) is 7.43. The molecule has 2 heterocycles. The number of likely N-dealkylation sites (tertiary alicyclic amines) is 1. The molecule has 2 unspecified atom stereocenters. The van der Waals surface area contributed by atoms with Crippen molar-refractivity contribution in [2.75, 3.05) is 39.3 Å². The third-order valence-corrected chi connectivity index (χ3v) is 9.32. The first-order valence-corrected chi connectivity index (χ1v) is 13.9. The van der Waals surface area contributed by atoms with Gasteiger partial charge in [0.2, 0.25) is 15.9 Å². The Morgan fingerprint density at radius 2 is 1.75 bits per heavy atom. The maximum absolute atomic E-state index is 13.1. The quantitative estimate of drug-likeness (QED) is 0.634. The fourth-order valence-corrected chi connectivity index (χ4v) is 7.37. The van der Waals surface area contributed by atoms with Gasteiger partial charge in [0, 0.05) is 38.6 Å². The molecular weight excluding hydrogens is 422 g/mol. The summed E-state index contributed by atoms with van der Waals surface area (Å²) in [6.07, 6.45) is 6.60. The monoisotopic (exact) mass is 461 g/mol. The first-order chi connectivity index (χ1) is 15.3. The lowest BCUT2D eigenvalue weighted by atomic mass is 9.92. The maximum Gasteiger partial charge on any atom is 0.243 e. The number of nitrogens with zero attached hydrogens (tertiary/aromatic N) is 2. The van der Waals surface area contributed by atoms with E-state index < -0.39 is 10.0 Å². The Kier molecular flexibility index (Phi) is 7.58. The molecule has 0 spiro atoms. The highest BCUT2D eigenvalue weighted by Crippen LogP contribution is 2.28. The number of rotatable bonds is 7. The van der Waals surface area contributed by atoms with Crippen molar-refractivity contribution in [3.05, 3.63) is 29.3 Å². The first kappa shape index (κ1) is 23.7. The van der Waals surface area contributed by atoms with E-state index in [2.05, 4.69) is 24.1 Å². The molecule has 1 aromatic rings. The number of amides is 1. The summed E-state index contributed by atoms with van der Waals surface area (Å²) < 4.78 is 27.7. The smallest absolute Gasteiger partial charge is 0.243 e. The summed E-state index contributed by atoms with van der Waals surface area (Å²) in [7, 11) is -3.48. The zero-order chi connectivity index (χ0) is 22.7. The van der Waals surface area contributed by atoms with E-state index in [0.29, 0.717) is 37.4 Å². The molecule has 32 heavy (non-hydrogen) atoms. The van der Waals surface area contributed by atoms with E-state index in [0.717, 1.165) is 57.2 Å². The molecular formula is C25H39N3O3S. The van der Waals surface area contributed by atoms with E-state index in [9.17, 15) is 13.2 Å². The van der Waals surface area contributed by atoms with Crippen LogP contribution in [0.25, 0.3) is 0 Å². The van der Waals surface area contributed by atoms with Crippen LogP contribution in [0.3, 0.4) is 0 Å². The standard InChI is InChI=1S/C25H39N3O3S/c1-19-15-20(2)18-27(17-19)12-4-11-26-25(29)22-9-13-28(14-10-22)32(30,31)24-8-7-21-5-3-6-23(21)16-24/h7-8,16,19-20,22H,3-6,9-15,17-18H2,1-2H3,(H,26,29). The van der Waals surface area contributed by atoms with Gasteiger partial charge in [-0.3, -0.25) is 4.79 Å². The number of sulfonamides is 1. The van der Waals surface area contributed by atoms with Crippen molar-refractivity contribution in [3.63, 3.8) is 0 Å². The number of carbonyl (C=O) groups excluding carboxylic acids is 1. The van der Waals surface area contributed by atoms with Crippen LogP contribution in [0.5, 0.6) is 0 Å². The van der Waals surface area contributed by atoms with Gasteiger partial charge in [0.05, 0.1) is 4.90 Å². The van der Waals surface area contributed by atoms with E-state index in [1.165, 1.54) is 17.5 Å². The first-order valence-electron chi connectivity index (χ1n) is 12.4. The second-order valence-corrected chi connectivity index (χ2v) is 12.3.